The van der Waals surface area contributed by atoms with Crippen LogP contribution in [0.15, 0.2) is 18.2 Å². The van der Waals surface area contributed by atoms with Gasteiger partial charge in [-0.25, -0.2) is 9.18 Å². The normalized spacial score (nSPS) is 18.6. The summed E-state index contributed by atoms with van der Waals surface area (Å²) in [6, 6.07) is 3.99. The molecule has 0 aromatic heterocycles. The van der Waals surface area contributed by atoms with Crippen molar-refractivity contribution in [2.24, 2.45) is 5.92 Å². The van der Waals surface area contributed by atoms with Crippen LogP contribution in [0.25, 0.3) is 0 Å². The smallest absolute Gasteiger partial charge is 0.338 e. The zero-order valence-electron chi connectivity index (χ0n) is 10.0. The van der Waals surface area contributed by atoms with Crippen molar-refractivity contribution in [3.05, 3.63) is 35.1 Å². The van der Waals surface area contributed by atoms with Gasteiger partial charge in [0.25, 0.3) is 0 Å². The van der Waals surface area contributed by atoms with Gasteiger partial charge in [0.1, 0.15) is 5.82 Å². The van der Waals surface area contributed by atoms with Crippen molar-refractivity contribution in [1.82, 2.24) is 5.32 Å². The van der Waals surface area contributed by atoms with E-state index in [1.165, 1.54) is 12.1 Å². The lowest BCUT2D eigenvalue weighted by molar-refractivity contribution is -0.119. The fourth-order valence-electron chi connectivity index (χ4n) is 1.87. The number of nitrogens with one attached hydrogen (secondary N) is 1. The van der Waals surface area contributed by atoms with E-state index in [1.54, 1.807) is 6.92 Å². The molecule has 1 heterocycles. The number of hydrogen-bond donors (Lipinski definition) is 1. The van der Waals surface area contributed by atoms with E-state index < -0.39 is 11.8 Å². The molecule has 1 aromatic carbocycles. The molecule has 0 aliphatic carbocycles. The lowest BCUT2D eigenvalue weighted by Gasteiger charge is -2.10. The van der Waals surface area contributed by atoms with E-state index in [0.29, 0.717) is 18.5 Å². The second-order valence-electron chi connectivity index (χ2n) is 4.43. The second-order valence-corrected chi connectivity index (χ2v) is 4.43. The molecule has 0 saturated carbocycles. The average molecular weight is 251 g/mol. The van der Waals surface area contributed by atoms with Crippen LogP contribution in [0.1, 0.15) is 22.3 Å². The Labute approximate surface area is 104 Å². The highest BCUT2D eigenvalue weighted by Crippen LogP contribution is 2.14. The number of hydrogen-bond acceptors (Lipinski definition) is 3. The van der Waals surface area contributed by atoms with Crippen LogP contribution in [-0.2, 0) is 9.53 Å². The quantitative estimate of drug-likeness (QED) is 0.827. The van der Waals surface area contributed by atoms with Gasteiger partial charge in [0.2, 0.25) is 5.91 Å². The summed E-state index contributed by atoms with van der Waals surface area (Å²) in [4.78, 5) is 22.7. The second kappa shape index (κ2) is 5.16. The van der Waals surface area contributed by atoms with Crippen LogP contribution in [0, 0.1) is 18.7 Å². The summed E-state index contributed by atoms with van der Waals surface area (Å²) in [7, 11) is 0. The number of benzene rings is 1. The minimum atomic E-state index is -0.550. The maximum absolute atomic E-state index is 13.0. The van der Waals surface area contributed by atoms with E-state index in [9.17, 15) is 14.0 Å². The lowest BCUT2D eigenvalue weighted by Crippen LogP contribution is -2.18. The Hall–Kier alpha value is -1.91. The van der Waals surface area contributed by atoms with Crippen LogP contribution in [-0.4, -0.2) is 25.0 Å². The minimum absolute atomic E-state index is 0.00955. The van der Waals surface area contributed by atoms with Crippen LogP contribution in [0.5, 0.6) is 0 Å². The van der Waals surface area contributed by atoms with Gasteiger partial charge in [0.05, 0.1) is 12.2 Å². The zero-order valence-corrected chi connectivity index (χ0v) is 10.0. The van der Waals surface area contributed by atoms with E-state index in [-0.39, 0.29) is 24.0 Å². The number of carbonyl (C=O) groups excluding carboxylic acids is 2. The number of halogens is 1. The number of ether oxygens (including phenoxy) is 1. The van der Waals surface area contributed by atoms with Crippen LogP contribution >= 0.6 is 0 Å². The molecule has 4 nitrogen and oxygen atoms in total. The van der Waals surface area contributed by atoms with E-state index in [1.807, 2.05) is 0 Å². The van der Waals surface area contributed by atoms with E-state index >= 15 is 0 Å². The maximum Gasteiger partial charge on any atom is 0.338 e. The number of carbonyl (C=O) groups is 2. The summed E-state index contributed by atoms with van der Waals surface area (Å²) < 4.78 is 18.1. The Bertz CT molecular complexity index is 487. The molecular weight excluding hydrogens is 237 g/mol. The Morgan fingerprint density at radius 3 is 3.00 bits per heavy atom. The van der Waals surface area contributed by atoms with Crippen molar-refractivity contribution < 1.29 is 18.7 Å². The fraction of sp³-hybridized carbons (Fsp3) is 0.385. The van der Waals surface area contributed by atoms with Gasteiger partial charge in [-0.05, 0) is 24.6 Å². The van der Waals surface area contributed by atoms with Gasteiger partial charge >= 0.3 is 5.97 Å². The summed E-state index contributed by atoms with van der Waals surface area (Å²) in [5, 5.41) is 2.66. The molecular formula is C13H14FNO3. The Morgan fingerprint density at radius 2 is 2.33 bits per heavy atom. The summed E-state index contributed by atoms with van der Waals surface area (Å²) in [6.45, 7) is 2.42. The number of aryl methyl sites for hydroxylation is 1. The molecule has 0 unspecified atom stereocenters. The molecule has 96 valence electrons. The third-order valence-electron chi connectivity index (χ3n) is 2.93. The van der Waals surface area contributed by atoms with Gasteiger partial charge in [0, 0.05) is 18.9 Å². The first-order valence-electron chi connectivity index (χ1n) is 5.76. The summed E-state index contributed by atoms with van der Waals surface area (Å²) in [6.07, 6.45) is 0.370. The van der Waals surface area contributed by atoms with Crippen molar-refractivity contribution in [1.29, 1.82) is 0 Å². The molecule has 0 bridgehead atoms. The van der Waals surface area contributed by atoms with E-state index in [0.717, 1.165) is 6.07 Å². The third-order valence-corrected chi connectivity index (χ3v) is 2.93. The molecule has 1 aliphatic heterocycles. The molecule has 2 rings (SSSR count). The number of amides is 1. The topological polar surface area (TPSA) is 55.4 Å². The van der Waals surface area contributed by atoms with Crippen molar-refractivity contribution in [3.8, 4) is 0 Å². The number of esters is 1. The van der Waals surface area contributed by atoms with Crippen LogP contribution in [0.2, 0.25) is 0 Å². The molecule has 1 aliphatic rings. The summed E-state index contributed by atoms with van der Waals surface area (Å²) in [5.74, 6) is -1.04. The highest BCUT2D eigenvalue weighted by atomic mass is 19.1. The zero-order chi connectivity index (χ0) is 13.1. The van der Waals surface area contributed by atoms with Gasteiger partial charge in [0.15, 0.2) is 0 Å². The standard InChI is InChI=1S/C13H14FNO3/c1-8-2-3-10(14)5-11(8)13(17)18-7-9-4-12(16)15-6-9/h2-3,5,9H,4,6-7H2,1H3,(H,15,16)/t9-/m1/s1. The summed E-state index contributed by atoms with van der Waals surface area (Å²) >= 11 is 0. The highest BCUT2D eigenvalue weighted by Gasteiger charge is 2.23. The van der Waals surface area contributed by atoms with Crippen molar-refractivity contribution in [2.75, 3.05) is 13.2 Å². The van der Waals surface area contributed by atoms with Crippen LogP contribution in [0.4, 0.5) is 4.39 Å². The van der Waals surface area contributed by atoms with Gasteiger partial charge in [-0.15, -0.1) is 0 Å². The van der Waals surface area contributed by atoms with Crippen molar-refractivity contribution in [3.63, 3.8) is 0 Å². The molecule has 1 N–H and O–H groups in total. The molecule has 1 saturated heterocycles. The Kier molecular flexibility index (Phi) is 3.60. The van der Waals surface area contributed by atoms with Gasteiger partial charge in [-0.1, -0.05) is 6.07 Å². The summed E-state index contributed by atoms with van der Waals surface area (Å²) in [5.41, 5.74) is 0.898. The fourth-order valence-corrected chi connectivity index (χ4v) is 1.87. The third kappa shape index (κ3) is 2.85. The Morgan fingerprint density at radius 1 is 1.56 bits per heavy atom. The van der Waals surface area contributed by atoms with Crippen LogP contribution < -0.4 is 5.32 Å². The van der Waals surface area contributed by atoms with Gasteiger partial charge in [-0.3, -0.25) is 4.79 Å². The average Bonchev–Trinajstić information content (AvgIpc) is 2.75. The SMILES string of the molecule is Cc1ccc(F)cc1C(=O)OC[C@H]1CNC(=O)C1. The first kappa shape index (κ1) is 12.5. The molecule has 0 spiro atoms. The van der Waals surface area contributed by atoms with Gasteiger partial charge < -0.3 is 10.1 Å². The molecule has 1 fully saturated rings. The molecule has 1 aromatic rings. The predicted molar refractivity (Wildman–Crippen MR) is 62.5 cm³/mol. The largest absolute Gasteiger partial charge is 0.462 e. The molecule has 0 radical (unpaired) electrons. The monoisotopic (exact) mass is 251 g/mol. The first-order chi connectivity index (χ1) is 8.56. The molecule has 1 atom stereocenters. The van der Waals surface area contributed by atoms with Crippen molar-refractivity contribution >= 4 is 11.9 Å². The highest BCUT2D eigenvalue weighted by molar-refractivity contribution is 5.91. The molecule has 1 amide bonds. The maximum atomic E-state index is 13.0. The van der Waals surface area contributed by atoms with Crippen molar-refractivity contribution in [2.45, 2.75) is 13.3 Å². The van der Waals surface area contributed by atoms with E-state index in [4.69, 9.17) is 4.74 Å². The lowest BCUT2D eigenvalue weighted by atomic mass is 10.1. The van der Waals surface area contributed by atoms with Gasteiger partial charge in [-0.2, -0.15) is 0 Å². The minimum Gasteiger partial charge on any atom is -0.462 e. The number of rotatable bonds is 3. The molecule has 5 heteroatoms. The van der Waals surface area contributed by atoms with Crippen LogP contribution in [0.3, 0.4) is 0 Å². The first-order valence-corrected chi connectivity index (χ1v) is 5.76. The Balaban J connectivity index is 1.95. The predicted octanol–water partition coefficient (Wildman–Crippen LogP) is 1.43. The van der Waals surface area contributed by atoms with E-state index in [2.05, 4.69) is 5.32 Å². The molecule has 18 heavy (non-hydrogen) atoms.